The number of hydrogen-bond donors (Lipinski definition) is 2. The molecule has 0 amide bonds. The maximum atomic E-state index is 13.1. The molecule has 2 N–H and O–H groups in total. The molecule has 178 valence electrons. The van der Waals surface area contributed by atoms with E-state index in [-0.39, 0.29) is 5.56 Å². The van der Waals surface area contributed by atoms with Gasteiger partial charge >= 0.3 is 0 Å². The Labute approximate surface area is 198 Å². The fourth-order valence-electron chi connectivity index (χ4n) is 4.63. The molecule has 2 aromatic heterocycles. The Kier molecular flexibility index (Phi) is 8.14. The van der Waals surface area contributed by atoms with Gasteiger partial charge in [-0.15, -0.1) is 11.3 Å². The van der Waals surface area contributed by atoms with E-state index in [1.54, 1.807) is 7.11 Å². The number of thiophene rings is 1. The first-order valence-electron chi connectivity index (χ1n) is 11.7. The molecule has 0 radical (unpaired) electrons. The lowest BCUT2D eigenvalue weighted by Gasteiger charge is -2.35. The van der Waals surface area contributed by atoms with Crippen molar-refractivity contribution in [1.29, 1.82) is 0 Å². The van der Waals surface area contributed by atoms with Crippen molar-refractivity contribution < 1.29 is 14.6 Å². The number of fused-ring (bicyclic) bond motifs is 1. The van der Waals surface area contributed by atoms with Crippen molar-refractivity contribution in [3.8, 4) is 16.9 Å². The van der Waals surface area contributed by atoms with E-state index in [0.29, 0.717) is 43.6 Å². The first-order valence-corrected chi connectivity index (χ1v) is 12.6. The summed E-state index contributed by atoms with van der Waals surface area (Å²) in [7, 11) is 1.63. The van der Waals surface area contributed by atoms with Gasteiger partial charge in [0.25, 0.3) is 5.56 Å². The Hall–Kier alpha value is -2.26. The Morgan fingerprint density at radius 2 is 2.12 bits per heavy atom. The van der Waals surface area contributed by atoms with Crippen LogP contribution in [0.4, 0.5) is 0 Å². The third-order valence-electron chi connectivity index (χ3n) is 6.28. The number of aromatic amines is 1. The SMILES string of the molecule is CCOCC(O)CN(Cc1nc2scc(-c3cccc(OC)c3)c2c(=O)[nH]1)C1CCCCC1. The van der Waals surface area contributed by atoms with Gasteiger partial charge in [0.15, 0.2) is 0 Å². The molecular formula is C25H33N3O4S. The lowest BCUT2D eigenvalue weighted by Crippen LogP contribution is -2.43. The highest BCUT2D eigenvalue weighted by molar-refractivity contribution is 7.17. The lowest BCUT2D eigenvalue weighted by molar-refractivity contribution is 0.00493. The standard InChI is InChI=1S/C25H33N3O4S/c1-3-32-15-19(29)13-28(18-9-5-4-6-10-18)14-22-26-24(30)23-21(16-33-25(23)27-22)17-8-7-11-20(12-17)31-2/h7-8,11-12,16,18-19,29H,3-6,9-10,13-15H2,1-2H3,(H,26,27,30). The molecule has 1 fully saturated rings. The van der Waals surface area contributed by atoms with Gasteiger partial charge in [0, 0.05) is 30.1 Å². The van der Waals surface area contributed by atoms with E-state index >= 15 is 0 Å². The normalized spacial score (nSPS) is 15.9. The smallest absolute Gasteiger partial charge is 0.260 e. The molecule has 1 aliphatic rings. The van der Waals surface area contributed by atoms with Crippen LogP contribution in [0.5, 0.6) is 5.75 Å². The third kappa shape index (κ3) is 5.81. The molecule has 0 spiro atoms. The summed E-state index contributed by atoms with van der Waals surface area (Å²) in [5.74, 6) is 1.39. The minimum Gasteiger partial charge on any atom is -0.497 e. The van der Waals surface area contributed by atoms with Crippen molar-refractivity contribution in [2.24, 2.45) is 0 Å². The summed E-state index contributed by atoms with van der Waals surface area (Å²) in [5, 5.41) is 13.1. The van der Waals surface area contributed by atoms with E-state index in [4.69, 9.17) is 14.5 Å². The number of rotatable bonds is 10. The minimum atomic E-state index is -0.566. The Morgan fingerprint density at radius 3 is 2.88 bits per heavy atom. The third-order valence-corrected chi connectivity index (χ3v) is 7.15. The Bertz CT molecular complexity index is 1110. The average Bonchev–Trinajstić information content (AvgIpc) is 3.27. The van der Waals surface area contributed by atoms with Crippen LogP contribution in [0, 0.1) is 0 Å². The molecule has 1 aliphatic carbocycles. The first-order chi connectivity index (χ1) is 16.1. The Balaban J connectivity index is 1.60. The number of methoxy groups -OCH3 is 1. The van der Waals surface area contributed by atoms with E-state index in [0.717, 1.165) is 34.5 Å². The fourth-order valence-corrected chi connectivity index (χ4v) is 5.60. The monoisotopic (exact) mass is 471 g/mol. The second kappa shape index (κ2) is 11.2. The number of benzene rings is 1. The van der Waals surface area contributed by atoms with Crippen LogP contribution in [0.15, 0.2) is 34.4 Å². The van der Waals surface area contributed by atoms with Crippen molar-refractivity contribution in [2.75, 3.05) is 26.9 Å². The van der Waals surface area contributed by atoms with Crippen molar-refractivity contribution in [3.05, 3.63) is 45.8 Å². The summed E-state index contributed by atoms with van der Waals surface area (Å²) in [6.45, 7) is 3.84. The second-order valence-electron chi connectivity index (χ2n) is 8.61. The number of nitrogens with zero attached hydrogens (tertiary/aromatic N) is 2. The number of aliphatic hydroxyl groups is 1. The fraction of sp³-hybridized carbons (Fsp3) is 0.520. The summed E-state index contributed by atoms with van der Waals surface area (Å²) in [5.41, 5.74) is 1.67. The van der Waals surface area contributed by atoms with E-state index in [1.807, 2.05) is 36.6 Å². The second-order valence-corrected chi connectivity index (χ2v) is 9.47. The molecule has 1 unspecified atom stereocenters. The maximum absolute atomic E-state index is 13.1. The van der Waals surface area contributed by atoms with Crippen LogP contribution < -0.4 is 10.3 Å². The van der Waals surface area contributed by atoms with Crippen LogP contribution in [0.1, 0.15) is 44.9 Å². The molecule has 8 heteroatoms. The molecule has 4 rings (SSSR count). The van der Waals surface area contributed by atoms with E-state index in [2.05, 4.69) is 9.88 Å². The van der Waals surface area contributed by atoms with E-state index in [1.165, 1.54) is 30.6 Å². The number of H-pyrrole nitrogens is 1. The van der Waals surface area contributed by atoms with E-state index in [9.17, 15) is 9.90 Å². The van der Waals surface area contributed by atoms with Gasteiger partial charge < -0.3 is 19.6 Å². The van der Waals surface area contributed by atoms with Crippen molar-refractivity contribution >= 4 is 21.6 Å². The van der Waals surface area contributed by atoms with Crippen molar-refractivity contribution in [2.45, 2.75) is 57.7 Å². The highest BCUT2D eigenvalue weighted by atomic mass is 32.1. The van der Waals surface area contributed by atoms with Gasteiger partial charge in [0.1, 0.15) is 16.4 Å². The van der Waals surface area contributed by atoms with Gasteiger partial charge in [-0.2, -0.15) is 0 Å². The molecule has 2 heterocycles. The first kappa shape index (κ1) is 23.9. The molecular weight excluding hydrogens is 438 g/mol. The molecule has 1 atom stereocenters. The molecule has 33 heavy (non-hydrogen) atoms. The van der Waals surface area contributed by atoms with Gasteiger partial charge in [-0.3, -0.25) is 9.69 Å². The van der Waals surface area contributed by atoms with Crippen LogP contribution in [0.2, 0.25) is 0 Å². The van der Waals surface area contributed by atoms with Crippen molar-refractivity contribution in [3.63, 3.8) is 0 Å². The van der Waals surface area contributed by atoms with E-state index < -0.39 is 6.10 Å². The summed E-state index contributed by atoms with van der Waals surface area (Å²) >= 11 is 1.48. The number of ether oxygens (including phenoxy) is 2. The zero-order valence-corrected chi connectivity index (χ0v) is 20.2. The zero-order valence-electron chi connectivity index (χ0n) is 19.4. The molecule has 0 bridgehead atoms. The van der Waals surface area contributed by atoms with Gasteiger partial charge in [-0.05, 0) is 37.5 Å². The number of nitrogens with one attached hydrogen (secondary N) is 1. The zero-order chi connectivity index (χ0) is 23.2. The molecule has 1 saturated carbocycles. The van der Waals surface area contributed by atoms with Gasteiger partial charge in [0.05, 0.1) is 31.8 Å². The topological polar surface area (TPSA) is 87.7 Å². The summed E-state index contributed by atoms with van der Waals surface area (Å²) < 4.78 is 10.8. The minimum absolute atomic E-state index is 0.132. The maximum Gasteiger partial charge on any atom is 0.260 e. The molecule has 1 aromatic carbocycles. The lowest BCUT2D eigenvalue weighted by atomic mass is 9.94. The van der Waals surface area contributed by atoms with Crippen molar-refractivity contribution in [1.82, 2.24) is 14.9 Å². The quantitative estimate of drug-likeness (QED) is 0.461. The van der Waals surface area contributed by atoms with Crippen LogP contribution in [0.25, 0.3) is 21.3 Å². The molecule has 7 nitrogen and oxygen atoms in total. The highest BCUT2D eigenvalue weighted by Gasteiger charge is 2.25. The molecule has 0 aliphatic heterocycles. The van der Waals surface area contributed by atoms with Crippen LogP contribution in [0.3, 0.4) is 0 Å². The van der Waals surface area contributed by atoms with Gasteiger partial charge in [0.2, 0.25) is 0 Å². The van der Waals surface area contributed by atoms with Gasteiger partial charge in [-0.1, -0.05) is 31.4 Å². The molecule has 3 aromatic rings. The number of aliphatic hydroxyl groups excluding tert-OH is 1. The molecule has 0 saturated heterocycles. The summed E-state index contributed by atoms with van der Waals surface area (Å²) in [6, 6.07) is 8.09. The van der Waals surface area contributed by atoms with Gasteiger partial charge in [-0.25, -0.2) is 4.98 Å². The highest BCUT2D eigenvalue weighted by Crippen LogP contribution is 2.32. The number of hydrogen-bond acceptors (Lipinski definition) is 7. The summed E-state index contributed by atoms with van der Waals surface area (Å²) in [4.78, 5) is 23.9. The predicted molar refractivity (Wildman–Crippen MR) is 132 cm³/mol. The summed E-state index contributed by atoms with van der Waals surface area (Å²) in [6.07, 6.45) is 5.29. The van der Waals surface area contributed by atoms with Crippen LogP contribution >= 0.6 is 11.3 Å². The largest absolute Gasteiger partial charge is 0.497 e. The van der Waals surface area contributed by atoms with Crippen LogP contribution in [-0.4, -0.2) is 59.0 Å². The Morgan fingerprint density at radius 1 is 1.30 bits per heavy atom. The van der Waals surface area contributed by atoms with Crippen LogP contribution in [-0.2, 0) is 11.3 Å². The predicted octanol–water partition coefficient (Wildman–Crippen LogP) is 4.19. The number of aromatic nitrogens is 2. The average molecular weight is 472 g/mol.